The van der Waals surface area contributed by atoms with Crippen LogP contribution < -0.4 is 10.5 Å². The van der Waals surface area contributed by atoms with Crippen LogP contribution in [-0.4, -0.2) is 75.3 Å². The SMILES string of the molecule is CCCCC(C)CCOC(=O)N1CCN(C(=O)c2ccc(NS(=O)(=O)CCN)c(C)c2)CC1. The summed E-state index contributed by atoms with van der Waals surface area (Å²) in [5.74, 6) is 0.225. The molecule has 1 atom stereocenters. The van der Waals surface area contributed by atoms with Gasteiger partial charge in [0.25, 0.3) is 5.91 Å². The fraction of sp³-hybridized carbons (Fsp3) is 0.652. The molecule has 1 aromatic carbocycles. The second-order valence-electron chi connectivity index (χ2n) is 8.67. The number of piperazine rings is 1. The highest BCUT2D eigenvalue weighted by Gasteiger charge is 2.26. The van der Waals surface area contributed by atoms with Crippen molar-refractivity contribution in [2.75, 3.05) is 49.8 Å². The maximum atomic E-state index is 12.9. The molecule has 1 heterocycles. The maximum Gasteiger partial charge on any atom is 0.409 e. The van der Waals surface area contributed by atoms with Crippen LogP contribution in [0.2, 0.25) is 0 Å². The molecule has 186 valence electrons. The van der Waals surface area contributed by atoms with Gasteiger partial charge in [0, 0.05) is 38.3 Å². The number of amides is 2. The lowest BCUT2D eigenvalue weighted by atomic mass is 10.0. The predicted molar refractivity (Wildman–Crippen MR) is 130 cm³/mol. The number of rotatable bonds is 11. The number of benzene rings is 1. The Balaban J connectivity index is 1.83. The molecule has 10 heteroatoms. The van der Waals surface area contributed by atoms with E-state index in [4.69, 9.17) is 10.5 Å². The third-order valence-corrected chi connectivity index (χ3v) is 7.14. The second kappa shape index (κ2) is 12.8. The minimum atomic E-state index is -3.51. The van der Waals surface area contributed by atoms with Crippen LogP contribution >= 0.6 is 0 Å². The normalized spacial score (nSPS) is 15.3. The van der Waals surface area contributed by atoms with Gasteiger partial charge < -0.3 is 20.3 Å². The molecule has 1 unspecified atom stereocenters. The molecule has 1 fully saturated rings. The van der Waals surface area contributed by atoms with Gasteiger partial charge in [0.05, 0.1) is 18.0 Å². The van der Waals surface area contributed by atoms with Gasteiger partial charge in [-0.3, -0.25) is 9.52 Å². The van der Waals surface area contributed by atoms with E-state index in [2.05, 4.69) is 18.6 Å². The number of nitrogens with one attached hydrogen (secondary N) is 1. The van der Waals surface area contributed by atoms with Gasteiger partial charge in [-0.05, 0) is 43.0 Å². The number of carbonyl (C=O) groups is 2. The Kier molecular flexibility index (Phi) is 10.4. The standard InChI is InChI=1S/C23H38N4O5S/c1-4-5-6-18(2)9-15-32-23(29)27-13-11-26(12-14-27)22(28)20-7-8-21(19(3)17-20)25-33(30,31)16-10-24/h7-8,17-18,25H,4-6,9-16,24H2,1-3H3. The van der Waals surface area contributed by atoms with Crippen LogP contribution in [0.1, 0.15) is 55.5 Å². The number of nitrogens with zero attached hydrogens (tertiary/aromatic N) is 2. The zero-order valence-corrected chi connectivity index (χ0v) is 20.8. The van der Waals surface area contributed by atoms with Crippen molar-refractivity contribution in [3.63, 3.8) is 0 Å². The molecular weight excluding hydrogens is 444 g/mol. The lowest BCUT2D eigenvalue weighted by Gasteiger charge is -2.34. The zero-order chi connectivity index (χ0) is 24.4. The number of hydrogen-bond donors (Lipinski definition) is 2. The first kappa shape index (κ1) is 26.9. The smallest absolute Gasteiger partial charge is 0.409 e. The number of anilines is 1. The number of ether oxygens (including phenoxy) is 1. The summed E-state index contributed by atoms with van der Waals surface area (Å²) in [6.07, 6.45) is 4.05. The zero-order valence-electron chi connectivity index (χ0n) is 20.0. The van der Waals surface area contributed by atoms with Gasteiger partial charge in [0.15, 0.2) is 0 Å². The van der Waals surface area contributed by atoms with Gasteiger partial charge in [-0.2, -0.15) is 0 Å². The number of unbranched alkanes of at least 4 members (excludes halogenated alkanes) is 1. The molecule has 1 aromatic rings. The molecule has 0 saturated carbocycles. The minimum Gasteiger partial charge on any atom is -0.449 e. The van der Waals surface area contributed by atoms with Crippen LogP contribution in [0, 0.1) is 12.8 Å². The molecule has 0 radical (unpaired) electrons. The Morgan fingerprint density at radius 3 is 2.42 bits per heavy atom. The van der Waals surface area contributed by atoms with Crippen molar-refractivity contribution in [1.82, 2.24) is 9.80 Å². The summed E-state index contributed by atoms with van der Waals surface area (Å²) in [4.78, 5) is 28.6. The Hall–Kier alpha value is -2.33. The fourth-order valence-electron chi connectivity index (χ4n) is 3.70. The Labute approximate surface area is 197 Å². The van der Waals surface area contributed by atoms with E-state index in [0.717, 1.165) is 12.8 Å². The van der Waals surface area contributed by atoms with Crippen LogP contribution in [0.15, 0.2) is 18.2 Å². The van der Waals surface area contributed by atoms with Crippen LogP contribution in [0.3, 0.4) is 0 Å². The minimum absolute atomic E-state index is 0.0303. The molecule has 33 heavy (non-hydrogen) atoms. The van der Waals surface area contributed by atoms with E-state index in [9.17, 15) is 18.0 Å². The van der Waals surface area contributed by atoms with E-state index in [-0.39, 0.29) is 24.3 Å². The van der Waals surface area contributed by atoms with Crippen LogP contribution in [0.25, 0.3) is 0 Å². The molecule has 1 aliphatic heterocycles. The Morgan fingerprint density at radius 1 is 1.15 bits per heavy atom. The maximum absolute atomic E-state index is 12.9. The molecule has 0 aliphatic carbocycles. The lowest BCUT2D eigenvalue weighted by molar-refractivity contribution is 0.0549. The van der Waals surface area contributed by atoms with E-state index >= 15 is 0 Å². The van der Waals surface area contributed by atoms with Crippen molar-refractivity contribution >= 4 is 27.7 Å². The van der Waals surface area contributed by atoms with Crippen LogP contribution in [0.4, 0.5) is 10.5 Å². The molecule has 0 spiro atoms. The number of aryl methyl sites for hydroxylation is 1. The van der Waals surface area contributed by atoms with Gasteiger partial charge >= 0.3 is 6.09 Å². The average molecular weight is 483 g/mol. The first-order chi connectivity index (χ1) is 15.7. The van der Waals surface area contributed by atoms with Crippen molar-refractivity contribution in [1.29, 1.82) is 0 Å². The average Bonchev–Trinajstić information content (AvgIpc) is 2.78. The highest BCUT2D eigenvalue weighted by molar-refractivity contribution is 7.92. The van der Waals surface area contributed by atoms with Crippen molar-refractivity contribution in [2.45, 2.75) is 46.5 Å². The Morgan fingerprint density at radius 2 is 1.82 bits per heavy atom. The van der Waals surface area contributed by atoms with E-state index in [1.165, 1.54) is 12.8 Å². The molecule has 3 N–H and O–H groups in total. The highest BCUT2D eigenvalue weighted by Crippen LogP contribution is 2.20. The molecule has 0 bridgehead atoms. The summed E-state index contributed by atoms with van der Waals surface area (Å²) in [6.45, 7) is 8.23. The molecule has 1 aliphatic rings. The van der Waals surface area contributed by atoms with Crippen LogP contribution in [-0.2, 0) is 14.8 Å². The third kappa shape index (κ3) is 8.51. The summed E-state index contributed by atoms with van der Waals surface area (Å²) in [5, 5.41) is 0. The largest absolute Gasteiger partial charge is 0.449 e. The van der Waals surface area contributed by atoms with E-state index in [1.807, 2.05) is 0 Å². The highest BCUT2D eigenvalue weighted by atomic mass is 32.2. The van der Waals surface area contributed by atoms with E-state index < -0.39 is 10.0 Å². The van der Waals surface area contributed by atoms with Gasteiger partial charge in [0.1, 0.15) is 0 Å². The lowest BCUT2D eigenvalue weighted by Crippen LogP contribution is -2.50. The molecular formula is C23H38N4O5S. The third-order valence-electron chi connectivity index (χ3n) is 5.84. The van der Waals surface area contributed by atoms with Gasteiger partial charge in [-0.25, -0.2) is 13.2 Å². The van der Waals surface area contributed by atoms with Gasteiger partial charge in [-0.1, -0.05) is 33.1 Å². The van der Waals surface area contributed by atoms with Gasteiger partial charge in [0.2, 0.25) is 10.0 Å². The molecule has 1 saturated heterocycles. The molecule has 2 amide bonds. The van der Waals surface area contributed by atoms with E-state index in [1.54, 1.807) is 34.9 Å². The predicted octanol–water partition coefficient (Wildman–Crippen LogP) is 2.81. The quantitative estimate of drug-likeness (QED) is 0.500. The molecule has 2 rings (SSSR count). The monoisotopic (exact) mass is 482 g/mol. The topological polar surface area (TPSA) is 122 Å². The summed E-state index contributed by atoms with van der Waals surface area (Å²) in [7, 11) is -3.51. The van der Waals surface area contributed by atoms with Crippen molar-refractivity contribution < 1.29 is 22.7 Å². The van der Waals surface area contributed by atoms with Crippen molar-refractivity contribution in [3.8, 4) is 0 Å². The Bertz CT molecular complexity index is 898. The first-order valence-corrected chi connectivity index (χ1v) is 13.3. The fourth-order valence-corrected chi connectivity index (χ4v) is 4.67. The number of sulfonamides is 1. The second-order valence-corrected chi connectivity index (χ2v) is 10.5. The van der Waals surface area contributed by atoms with Crippen LogP contribution in [0.5, 0.6) is 0 Å². The summed E-state index contributed by atoms with van der Waals surface area (Å²) < 4.78 is 31.8. The summed E-state index contributed by atoms with van der Waals surface area (Å²) in [5.41, 5.74) is 6.89. The number of hydrogen-bond acceptors (Lipinski definition) is 6. The summed E-state index contributed by atoms with van der Waals surface area (Å²) >= 11 is 0. The number of carbonyl (C=O) groups excluding carboxylic acids is 2. The molecule has 0 aromatic heterocycles. The van der Waals surface area contributed by atoms with Crippen molar-refractivity contribution in [2.24, 2.45) is 11.7 Å². The summed E-state index contributed by atoms with van der Waals surface area (Å²) in [6, 6.07) is 4.87. The van der Waals surface area contributed by atoms with E-state index in [0.29, 0.717) is 55.5 Å². The van der Waals surface area contributed by atoms with Gasteiger partial charge in [-0.15, -0.1) is 0 Å². The first-order valence-electron chi connectivity index (χ1n) is 11.7. The molecule has 9 nitrogen and oxygen atoms in total. The number of nitrogens with two attached hydrogens (primary N) is 1. The van der Waals surface area contributed by atoms with Crippen molar-refractivity contribution in [3.05, 3.63) is 29.3 Å².